The fourth-order valence-electron chi connectivity index (χ4n) is 2.40. The molecule has 0 saturated heterocycles. The zero-order valence-electron chi connectivity index (χ0n) is 12.0. The minimum Gasteiger partial charge on any atom is -0.385 e. The molecular formula is C16H22N2. The highest BCUT2D eigenvalue weighted by atomic mass is 14.9. The first kappa shape index (κ1) is 12.9. The fraction of sp³-hybridized carbons (Fsp3) is 0.438. The molecule has 0 atom stereocenters. The van der Waals surface area contributed by atoms with Crippen molar-refractivity contribution in [1.82, 2.24) is 4.98 Å². The maximum atomic E-state index is 4.80. The van der Waals surface area contributed by atoms with Crippen molar-refractivity contribution in [3.05, 3.63) is 35.0 Å². The van der Waals surface area contributed by atoms with Crippen LogP contribution in [-0.2, 0) is 0 Å². The molecule has 96 valence electrons. The maximum Gasteiger partial charge on any atom is 0.0731 e. The van der Waals surface area contributed by atoms with E-state index in [1.54, 1.807) is 0 Å². The molecule has 0 unspecified atom stereocenters. The summed E-state index contributed by atoms with van der Waals surface area (Å²) in [7, 11) is 0. The average Bonchev–Trinajstić information content (AvgIpc) is 2.27. The van der Waals surface area contributed by atoms with Crippen LogP contribution in [0, 0.1) is 13.8 Å². The molecule has 0 amide bonds. The first-order chi connectivity index (χ1) is 8.52. The zero-order valence-corrected chi connectivity index (χ0v) is 12.0. The predicted molar refractivity (Wildman–Crippen MR) is 79.5 cm³/mol. The van der Waals surface area contributed by atoms with Crippen molar-refractivity contribution in [1.29, 1.82) is 0 Å². The first-order valence-corrected chi connectivity index (χ1v) is 6.68. The van der Waals surface area contributed by atoms with Crippen molar-refractivity contribution in [2.24, 2.45) is 0 Å². The van der Waals surface area contributed by atoms with E-state index in [4.69, 9.17) is 4.98 Å². The summed E-state index contributed by atoms with van der Waals surface area (Å²) in [6.45, 7) is 11.7. The van der Waals surface area contributed by atoms with Crippen LogP contribution in [0.5, 0.6) is 0 Å². The Kier molecular flexibility index (Phi) is 3.55. The lowest BCUT2D eigenvalue weighted by atomic mass is 10.0. The van der Waals surface area contributed by atoms with Gasteiger partial charge in [-0.3, -0.25) is 4.98 Å². The van der Waals surface area contributed by atoms with E-state index >= 15 is 0 Å². The van der Waals surface area contributed by atoms with Gasteiger partial charge in [0.25, 0.3) is 0 Å². The van der Waals surface area contributed by atoms with Crippen LogP contribution in [0.3, 0.4) is 0 Å². The van der Waals surface area contributed by atoms with E-state index in [0.717, 1.165) is 17.8 Å². The number of fused-ring (bicyclic) bond motifs is 1. The van der Waals surface area contributed by atoms with Crippen LogP contribution in [0.25, 0.3) is 10.9 Å². The van der Waals surface area contributed by atoms with Gasteiger partial charge in [-0.25, -0.2) is 0 Å². The number of aryl methyl sites for hydroxylation is 2. The van der Waals surface area contributed by atoms with Crippen molar-refractivity contribution < 1.29 is 0 Å². The molecule has 1 aromatic heterocycles. The number of nitrogens with zero attached hydrogens (tertiary/aromatic N) is 1. The van der Waals surface area contributed by atoms with Crippen LogP contribution in [0.4, 0.5) is 5.69 Å². The Hall–Kier alpha value is -1.57. The van der Waals surface area contributed by atoms with Gasteiger partial charge in [-0.15, -0.1) is 0 Å². The SMILES string of the molecule is CCNc1cc(C(C)C)nc2cc(C)cc(C)c12. The van der Waals surface area contributed by atoms with Gasteiger partial charge in [-0.1, -0.05) is 19.9 Å². The van der Waals surface area contributed by atoms with Gasteiger partial charge >= 0.3 is 0 Å². The van der Waals surface area contributed by atoms with E-state index in [0.29, 0.717) is 5.92 Å². The molecule has 0 saturated carbocycles. The Balaban J connectivity index is 2.76. The maximum absolute atomic E-state index is 4.80. The number of aromatic nitrogens is 1. The molecule has 0 aliphatic rings. The van der Waals surface area contributed by atoms with E-state index in [1.165, 1.54) is 22.2 Å². The molecule has 1 aromatic carbocycles. The fourth-order valence-corrected chi connectivity index (χ4v) is 2.40. The number of rotatable bonds is 3. The number of hydrogen-bond donors (Lipinski definition) is 1. The quantitative estimate of drug-likeness (QED) is 0.862. The molecule has 0 radical (unpaired) electrons. The summed E-state index contributed by atoms with van der Waals surface area (Å²) in [6, 6.07) is 6.59. The van der Waals surface area contributed by atoms with Crippen molar-refractivity contribution in [2.75, 3.05) is 11.9 Å². The Morgan fingerprint density at radius 1 is 1.17 bits per heavy atom. The molecule has 18 heavy (non-hydrogen) atoms. The number of nitrogens with one attached hydrogen (secondary N) is 1. The number of benzene rings is 1. The van der Waals surface area contributed by atoms with Crippen LogP contribution in [-0.4, -0.2) is 11.5 Å². The Morgan fingerprint density at radius 2 is 1.89 bits per heavy atom. The highest BCUT2D eigenvalue weighted by molar-refractivity contribution is 5.94. The molecule has 0 fully saturated rings. The van der Waals surface area contributed by atoms with E-state index < -0.39 is 0 Å². The Morgan fingerprint density at radius 3 is 2.50 bits per heavy atom. The lowest BCUT2D eigenvalue weighted by Gasteiger charge is -2.15. The summed E-state index contributed by atoms with van der Waals surface area (Å²) in [5.41, 5.74) is 6.04. The molecular weight excluding hydrogens is 220 g/mol. The predicted octanol–water partition coefficient (Wildman–Crippen LogP) is 4.41. The minimum atomic E-state index is 0.452. The second-order valence-corrected chi connectivity index (χ2v) is 5.26. The second kappa shape index (κ2) is 4.97. The van der Waals surface area contributed by atoms with Gasteiger partial charge in [0.05, 0.1) is 5.52 Å². The van der Waals surface area contributed by atoms with Crippen molar-refractivity contribution in [3.8, 4) is 0 Å². The van der Waals surface area contributed by atoms with Crippen molar-refractivity contribution in [2.45, 2.75) is 40.5 Å². The largest absolute Gasteiger partial charge is 0.385 e. The van der Waals surface area contributed by atoms with Gasteiger partial charge in [0.2, 0.25) is 0 Å². The number of hydrogen-bond acceptors (Lipinski definition) is 2. The molecule has 0 aliphatic heterocycles. The molecule has 2 heteroatoms. The minimum absolute atomic E-state index is 0.452. The van der Waals surface area contributed by atoms with Crippen LogP contribution in [0.1, 0.15) is 43.5 Å². The van der Waals surface area contributed by atoms with Crippen molar-refractivity contribution >= 4 is 16.6 Å². The summed E-state index contributed by atoms with van der Waals surface area (Å²) >= 11 is 0. The lowest BCUT2D eigenvalue weighted by molar-refractivity contribution is 0.830. The van der Waals surface area contributed by atoms with E-state index in [-0.39, 0.29) is 0 Å². The summed E-state index contributed by atoms with van der Waals surface area (Å²) in [5, 5.41) is 4.72. The third kappa shape index (κ3) is 2.33. The van der Waals surface area contributed by atoms with E-state index in [2.05, 4.69) is 58.1 Å². The van der Waals surface area contributed by atoms with Gasteiger partial charge in [0.1, 0.15) is 0 Å². The van der Waals surface area contributed by atoms with Crippen molar-refractivity contribution in [3.63, 3.8) is 0 Å². The monoisotopic (exact) mass is 242 g/mol. The van der Waals surface area contributed by atoms with Gasteiger partial charge in [-0.05, 0) is 49.9 Å². The average molecular weight is 242 g/mol. The van der Waals surface area contributed by atoms with Crippen LogP contribution in [0.2, 0.25) is 0 Å². The topological polar surface area (TPSA) is 24.9 Å². The standard InChI is InChI=1S/C16H22N2/c1-6-17-14-9-13(10(2)3)18-15-8-11(4)7-12(5)16(14)15/h7-10H,6H2,1-5H3,(H,17,18). The number of anilines is 1. The summed E-state index contributed by atoms with van der Waals surface area (Å²) < 4.78 is 0. The summed E-state index contributed by atoms with van der Waals surface area (Å²) in [5.74, 6) is 0.452. The van der Waals surface area contributed by atoms with Gasteiger partial charge in [0, 0.05) is 23.3 Å². The first-order valence-electron chi connectivity index (χ1n) is 6.68. The Labute approximate surface area is 109 Å². The van der Waals surface area contributed by atoms with Gasteiger partial charge in [0.15, 0.2) is 0 Å². The van der Waals surface area contributed by atoms with Crippen LogP contribution >= 0.6 is 0 Å². The summed E-state index contributed by atoms with van der Waals surface area (Å²) in [6.07, 6.45) is 0. The molecule has 0 aliphatic carbocycles. The van der Waals surface area contributed by atoms with Crippen LogP contribution < -0.4 is 5.32 Å². The number of pyridine rings is 1. The van der Waals surface area contributed by atoms with Crippen LogP contribution in [0.15, 0.2) is 18.2 Å². The van der Waals surface area contributed by atoms with E-state index in [1.807, 2.05) is 0 Å². The molecule has 0 bridgehead atoms. The molecule has 1 heterocycles. The highest BCUT2D eigenvalue weighted by Crippen LogP contribution is 2.29. The molecule has 1 N–H and O–H groups in total. The molecule has 2 nitrogen and oxygen atoms in total. The van der Waals surface area contributed by atoms with Gasteiger partial charge in [-0.2, -0.15) is 0 Å². The lowest BCUT2D eigenvalue weighted by Crippen LogP contribution is -2.03. The molecule has 0 spiro atoms. The summed E-state index contributed by atoms with van der Waals surface area (Å²) in [4.78, 5) is 4.80. The third-order valence-corrected chi connectivity index (χ3v) is 3.23. The second-order valence-electron chi connectivity index (χ2n) is 5.26. The third-order valence-electron chi connectivity index (χ3n) is 3.23. The molecule has 2 rings (SSSR count). The molecule has 2 aromatic rings. The highest BCUT2D eigenvalue weighted by Gasteiger charge is 2.10. The van der Waals surface area contributed by atoms with Gasteiger partial charge < -0.3 is 5.32 Å². The zero-order chi connectivity index (χ0) is 13.3. The normalized spacial score (nSPS) is 11.2. The smallest absolute Gasteiger partial charge is 0.0731 e. The van der Waals surface area contributed by atoms with E-state index in [9.17, 15) is 0 Å². The Bertz CT molecular complexity index is 571.